The Labute approximate surface area is 197 Å². The number of carbonyl (C=O) groups excluding carboxylic acids is 1. The van der Waals surface area contributed by atoms with Gasteiger partial charge in [0.25, 0.3) is 0 Å². The van der Waals surface area contributed by atoms with E-state index >= 15 is 0 Å². The zero-order chi connectivity index (χ0) is 22.1. The lowest BCUT2D eigenvalue weighted by Crippen LogP contribution is -2.14. The second-order valence-corrected chi connectivity index (χ2v) is 9.17. The Balaban J connectivity index is 1.35. The molecule has 0 aliphatic heterocycles. The maximum absolute atomic E-state index is 12.4. The molecule has 0 aliphatic carbocycles. The first-order valence-electron chi connectivity index (χ1n) is 9.66. The van der Waals surface area contributed by atoms with E-state index in [4.69, 9.17) is 11.6 Å². The van der Waals surface area contributed by atoms with E-state index in [0.717, 1.165) is 27.4 Å². The molecule has 0 saturated heterocycles. The highest BCUT2D eigenvalue weighted by atomic mass is 35.5. The Bertz CT molecular complexity index is 1430. The Kier molecular flexibility index (Phi) is 5.77. The van der Waals surface area contributed by atoms with E-state index in [1.54, 1.807) is 16.3 Å². The zero-order valence-electron chi connectivity index (χ0n) is 16.9. The third-order valence-electron chi connectivity index (χ3n) is 4.81. The summed E-state index contributed by atoms with van der Waals surface area (Å²) in [7, 11) is 0. The minimum Gasteiger partial charge on any atom is -0.325 e. The molecule has 0 atom stereocenters. The van der Waals surface area contributed by atoms with Gasteiger partial charge in [0.2, 0.25) is 5.91 Å². The summed E-state index contributed by atoms with van der Waals surface area (Å²) in [6.45, 7) is 0. The number of halogens is 1. The van der Waals surface area contributed by atoms with Crippen molar-refractivity contribution in [1.82, 2.24) is 24.2 Å². The number of aromatic nitrogens is 5. The molecule has 0 saturated carbocycles. The number of hydrogen-bond donors (Lipinski definition) is 1. The molecule has 0 fully saturated rings. The molecule has 1 N–H and O–H groups in total. The highest BCUT2D eigenvalue weighted by molar-refractivity contribution is 7.99. The Morgan fingerprint density at radius 2 is 1.94 bits per heavy atom. The van der Waals surface area contributed by atoms with E-state index in [0.29, 0.717) is 15.8 Å². The van der Waals surface area contributed by atoms with Gasteiger partial charge >= 0.3 is 0 Å². The van der Waals surface area contributed by atoms with Gasteiger partial charge in [0.1, 0.15) is 5.52 Å². The molecule has 3 aromatic heterocycles. The van der Waals surface area contributed by atoms with Gasteiger partial charge in [-0.25, -0.2) is 4.52 Å². The highest BCUT2D eigenvalue weighted by Gasteiger charge is 2.14. The molecule has 0 aliphatic rings. The first kappa shape index (κ1) is 20.9. The summed E-state index contributed by atoms with van der Waals surface area (Å²) >= 11 is 8.96. The van der Waals surface area contributed by atoms with Gasteiger partial charge < -0.3 is 5.32 Å². The standard InChI is InChI=1S/C22H17ClN6OS2/c1-31-17-4-2-3-16(11-17)24-20(30)13-32-22-26-25-21-19-12-18(14-5-7-15(23)8-6-14)27-29(19)10-9-28(21)22/h2-12H,13H2,1H3,(H,24,30). The number of nitrogens with one attached hydrogen (secondary N) is 1. The monoisotopic (exact) mass is 480 g/mol. The Morgan fingerprint density at radius 1 is 1.09 bits per heavy atom. The molecule has 0 radical (unpaired) electrons. The van der Waals surface area contributed by atoms with Gasteiger partial charge in [-0.05, 0) is 42.7 Å². The van der Waals surface area contributed by atoms with E-state index in [-0.39, 0.29) is 11.7 Å². The maximum atomic E-state index is 12.4. The minimum absolute atomic E-state index is 0.0968. The van der Waals surface area contributed by atoms with Gasteiger partial charge in [-0.2, -0.15) is 5.10 Å². The summed E-state index contributed by atoms with van der Waals surface area (Å²) in [6, 6.07) is 17.3. The van der Waals surface area contributed by atoms with Crippen molar-refractivity contribution in [1.29, 1.82) is 0 Å². The summed E-state index contributed by atoms with van der Waals surface area (Å²) in [6.07, 6.45) is 5.70. The number of anilines is 1. The average molecular weight is 481 g/mol. The first-order valence-corrected chi connectivity index (χ1v) is 12.3. The van der Waals surface area contributed by atoms with Crippen LogP contribution in [-0.4, -0.2) is 42.1 Å². The van der Waals surface area contributed by atoms with E-state index in [9.17, 15) is 4.79 Å². The molecule has 5 rings (SSSR count). The summed E-state index contributed by atoms with van der Waals surface area (Å²) in [4.78, 5) is 13.5. The van der Waals surface area contributed by atoms with Crippen LogP contribution in [0.1, 0.15) is 0 Å². The summed E-state index contributed by atoms with van der Waals surface area (Å²) in [5, 5.41) is 17.5. The fourth-order valence-corrected chi connectivity index (χ4v) is 4.58. The normalized spacial score (nSPS) is 11.3. The van der Waals surface area contributed by atoms with Gasteiger partial charge in [0.15, 0.2) is 10.8 Å². The predicted octanol–water partition coefficient (Wildman–Crippen LogP) is 5.15. The van der Waals surface area contributed by atoms with Gasteiger partial charge in [-0.15, -0.1) is 22.0 Å². The van der Waals surface area contributed by atoms with E-state index < -0.39 is 0 Å². The number of nitrogens with zero attached hydrogens (tertiary/aromatic N) is 5. The molecular formula is C22H17ClN6OS2. The average Bonchev–Trinajstić information content (AvgIpc) is 3.42. The van der Waals surface area contributed by atoms with Crippen LogP contribution in [0, 0.1) is 0 Å². The molecule has 160 valence electrons. The Morgan fingerprint density at radius 3 is 2.75 bits per heavy atom. The van der Waals surface area contributed by atoms with Crippen molar-refractivity contribution < 1.29 is 4.79 Å². The number of amides is 1. The number of carbonyl (C=O) groups is 1. The number of rotatable bonds is 6. The van der Waals surface area contributed by atoms with Crippen molar-refractivity contribution in [2.24, 2.45) is 0 Å². The van der Waals surface area contributed by atoms with Crippen LogP contribution < -0.4 is 5.32 Å². The van der Waals surface area contributed by atoms with Crippen molar-refractivity contribution in [2.45, 2.75) is 10.1 Å². The highest BCUT2D eigenvalue weighted by Crippen LogP contribution is 2.25. The molecule has 5 aromatic rings. The van der Waals surface area contributed by atoms with E-state index in [2.05, 4.69) is 20.6 Å². The van der Waals surface area contributed by atoms with Crippen LogP contribution in [-0.2, 0) is 4.79 Å². The Hall–Kier alpha value is -3.01. The molecule has 0 unspecified atom stereocenters. The third-order valence-corrected chi connectivity index (χ3v) is 6.73. The first-order chi connectivity index (χ1) is 15.6. The lowest BCUT2D eigenvalue weighted by molar-refractivity contribution is -0.113. The van der Waals surface area contributed by atoms with Crippen molar-refractivity contribution in [2.75, 3.05) is 17.3 Å². The molecule has 0 bridgehead atoms. The maximum Gasteiger partial charge on any atom is 0.234 e. The molecule has 10 heteroatoms. The fourth-order valence-electron chi connectivity index (χ4n) is 3.28. The van der Waals surface area contributed by atoms with Crippen LogP contribution in [0.3, 0.4) is 0 Å². The van der Waals surface area contributed by atoms with Crippen LogP contribution in [0.25, 0.3) is 22.4 Å². The van der Waals surface area contributed by atoms with Crippen LogP contribution >= 0.6 is 35.1 Å². The van der Waals surface area contributed by atoms with Crippen LogP contribution in [0.4, 0.5) is 5.69 Å². The number of fused-ring (bicyclic) bond motifs is 3. The fraction of sp³-hybridized carbons (Fsp3) is 0.0909. The molecule has 0 spiro atoms. The second kappa shape index (κ2) is 8.85. The van der Waals surface area contributed by atoms with Crippen molar-refractivity contribution in [3.05, 3.63) is 72.0 Å². The van der Waals surface area contributed by atoms with Gasteiger partial charge in [0, 0.05) is 33.6 Å². The topological polar surface area (TPSA) is 76.6 Å². The van der Waals surface area contributed by atoms with Crippen molar-refractivity contribution in [3.63, 3.8) is 0 Å². The smallest absolute Gasteiger partial charge is 0.234 e. The van der Waals surface area contributed by atoms with E-state index in [1.807, 2.05) is 77.6 Å². The van der Waals surface area contributed by atoms with Crippen LogP contribution in [0.2, 0.25) is 5.02 Å². The molecule has 32 heavy (non-hydrogen) atoms. The van der Waals surface area contributed by atoms with E-state index in [1.165, 1.54) is 11.8 Å². The number of thioether (sulfide) groups is 2. The largest absolute Gasteiger partial charge is 0.325 e. The van der Waals surface area contributed by atoms with Gasteiger partial charge in [-0.1, -0.05) is 41.6 Å². The van der Waals surface area contributed by atoms with Crippen LogP contribution in [0.15, 0.2) is 77.0 Å². The number of hydrogen-bond acceptors (Lipinski definition) is 6. The molecule has 2 aromatic carbocycles. The summed E-state index contributed by atoms with van der Waals surface area (Å²) < 4.78 is 3.64. The molecule has 7 nitrogen and oxygen atoms in total. The van der Waals surface area contributed by atoms with Crippen LogP contribution in [0.5, 0.6) is 0 Å². The second-order valence-electron chi connectivity index (χ2n) is 6.91. The van der Waals surface area contributed by atoms with Crippen molar-refractivity contribution >= 4 is 57.9 Å². The minimum atomic E-state index is -0.0968. The lowest BCUT2D eigenvalue weighted by atomic mass is 10.1. The molecule has 3 heterocycles. The SMILES string of the molecule is CSc1cccc(NC(=O)CSc2nnc3c4cc(-c5ccc(Cl)cc5)nn4ccn23)c1. The number of benzene rings is 2. The van der Waals surface area contributed by atoms with Crippen molar-refractivity contribution in [3.8, 4) is 11.3 Å². The predicted molar refractivity (Wildman–Crippen MR) is 130 cm³/mol. The van der Waals surface area contributed by atoms with Gasteiger partial charge in [0.05, 0.1) is 11.4 Å². The quantitative estimate of drug-likeness (QED) is 0.339. The molecule has 1 amide bonds. The summed E-state index contributed by atoms with van der Waals surface area (Å²) in [5.74, 6) is 0.130. The summed E-state index contributed by atoms with van der Waals surface area (Å²) in [5.41, 5.74) is 4.07. The lowest BCUT2D eigenvalue weighted by Gasteiger charge is -2.06. The zero-order valence-corrected chi connectivity index (χ0v) is 19.3. The molecular weight excluding hydrogens is 464 g/mol. The third kappa shape index (κ3) is 4.19. The van der Waals surface area contributed by atoms with Gasteiger partial charge in [-0.3, -0.25) is 9.20 Å².